The minimum absolute atomic E-state index is 0.0411. The Kier molecular flexibility index (Phi) is 4.61. The van der Waals surface area contributed by atoms with Crippen molar-refractivity contribution in [2.24, 2.45) is 5.92 Å². The Balaban J connectivity index is 2.81. The zero-order valence-corrected chi connectivity index (χ0v) is 9.87. The Morgan fingerprint density at radius 1 is 1.44 bits per heavy atom. The van der Waals surface area contributed by atoms with Gasteiger partial charge in [0, 0.05) is 12.6 Å². The molecule has 1 aromatic rings. The van der Waals surface area contributed by atoms with E-state index in [1.807, 2.05) is 20.8 Å². The van der Waals surface area contributed by atoms with Crippen LogP contribution in [-0.2, 0) is 6.42 Å². The zero-order chi connectivity index (χ0) is 12.1. The molecule has 0 radical (unpaired) electrons. The lowest BCUT2D eigenvalue weighted by atomic mass is 10.1. The number of hydrogen-bond acceptors (Lipinski definition) is 4. The second-order valence-corrected chi connectivity index (χ2v) is 3.93. The smallest absolute Gasteiger partial charge is 0.186 e. The summed E-state index contributed by atoms with van der Waals surface area (Å²) in [6.45, 7) is 5.67. The lowest BCUT2D eigenvalue weighted by Gasteiger charge is -2.20. The molecule has 1 aromatic heterocycles. The van der Waals surface area contributed by atoms with Gasteiger partial charge in [-0.25, -0.2) is 14.4 Å². The van der Waals surface area contributed by atoms with E-state index in [0.29, 0.717) is 12.1 Å². The maximum Gasteiger partial charge on any atom is 0.186 e. The third-order valence-corrected chi connectivity index (χ3v) is 2.70. The molecule has 0 spiro atoms. The van der Waals surface area contributed by atoms with Crippen LogP contribution in [0.3, 0.4) is 0 Å². The number of aliphatic hydroxyl groups excluding tert-OH is 1. The average molecular weight is 227 g/mol. The molecule has 2 atom stereocenters. The van der Waals surface area contributed by atoms with Crippen LogP contribution in [0.4, 0.5) is 10.2 Å². The lowest BCUT2D eigenvalue weighted by molar-refractivity contribution is 0.226. The number of aromatic nitrogens is 2. The Hall–Kier alpha value is -1.23. The molecule has 16 heavy (non-hydrogen) atoms. The molecule has 5 heteroatoms. The fourth-order valence-corrected chi connectivity index (χ4v) is 1.27. The summed E-state index contributed by atoms with van der Waals surface area (Å²) in [7, 11) is 0. The Morgan fingerprint density at radius 3 is 2.69 bits per heavy atom. The summed E-state index contributed by atoms with van der Waals surface area (Å²) >= 11 is 0. The first-order valence-electron chi connectivity index (χ1n) is 5.46. The van der Waals surface area contributed by atoms with Crippen LogP contribution in [0.2, 0.25) is 0 Å². The maximum absolute atomic E-state index is 13.8. The predicted octanol–water partition coefficient (Wildman–Crippen LogP) is 1.61. The molecule has 1 rings (SSSR count). The van der Waals surface area contributed by atoms with Gasteiger partial charge >= 0.3 is 0 Å². The van der Waals surface area contributed by atoms with Gasteiger partial charge in [-0.05, 0) is 19.3 Å². The van der Waals surface area contributed by atoms with Crippen LogP contribution in [-0.4, -0.2) is 27.7 Å². The number of halogens is 1. The van der Waals surface area contributed by atoms with E-state index in [-0.39, 0.29) is 24.4 Å². The largest absolute Gasteiger partial charge is 0.396 e. The number of anilines is 1. The molecule has 2 N–H and O–H groups in total. The molecule has 0 aliphatic carbocycles. The minimum atomic E-state index is -0.401. The summed E-state index contributed by atoms with van der Waals surface area (Å²) in [5, 5.41) is 11.9. The first kappa shape index (κ1) is 12.8. The Labute approximate surface area is 94.9 Å². The predicted molar refractivity (Wildman–Crippen MR) is 60.7 cm³/mol. The highest BCUT2D eigenvalue weighted by Crippen LogP contribution is 2.16. The van der Waals surface area contributed by atoms with Crippen molar-refractivity contribution in [3.63, 3.8) is 0 Å². The maximum atomic E-state index is 13.8. The van der Waals surface area contributed by atoms with Gasteiger partial charge in [-0.3, -0.25) is 0 Å². The van der Waals surface area contributed by atoms with E-state index >= 15 is 0 Å². The van der Waals surface area contributed by atoms with Crippen molar-refractivity contribution < 1.29 is 9.50 Å². The molecule has 1 heterocycles. The molecular formula is C11H18FN3O. The number of nitrogens with zero attached hydrogens (tertiary/aromatic N) is 2. The van der Waals surface area contributed by atoms with Crippen LogP contribution in [0.5, 0.6) is 0 Å². The molecular weight excluding hydrogens is 209 g/mol. The van der Waals surface area contributed by atoms with Gasteiger partial charge in [-0.15, -0.1) is 0 Å². The van der Waals surface area contributed by atoms with Crippen molar-refractivity contribution in [2.45, 2.75) is 33.2 Å². The standard InChI is InChI=1S/C11H18FN3O/c1-4-9-10(12)11(14-6-13-9)15-8(3)7(2)5-16/h6-8,16H,4-5H2,1-3H3,(H,13,14,15). The zero-order valence-electron chi connectivity index (χ0n) is 9.87. The van der Waals surface area contributed by atoms with Crippen molar-refractivity contribution >= 4 is 5.82 Å². The van der Waals surface area contributed by atoms with E-state index in [1.54, 1.807) is 0 Å². The van der Waals surface area contributed by atoms with Crippen molar-refractivity contribution in [3.8, 4) is 0 Å². The highest BCUT2D eigenvalue weighted by atomic mass is 19.1. The van der Waals surface area contributed by atoms with Crippen LogP contribution in [0, 0.1) is 11.7 Å². The summed E-state index contributed by atoms with van der Waals surface area (Å²) in [4.78, 5) is 7.72. The van der Waals surface area contributed by atoms with Gasteiger partial charge in [0.1, 0.15) is 6.33 Å². The van der Waals surface area contributed by atoms with E-state index in [0.717, 1.165) is 0 Å². The van der Waals surface area contributed by atoms with Gasteiger partial charge in [0.05, 0.1) is 5.69 Å². The van der Waals surface area contributed by atoms with Gasteiger partial charge in [-0.2, -0.15) is 0 Å². The van der Waals surface area contributed by atoms with Crippen molar-refractivity contribution in [3.05, 3.63) is 17.8 Å². The van der Waals surface area contributed by atoms with Crippen LogP contribution in [0.15, 0.2) is 6.33 Å². The normalized spacial score (nSPS) is 14.6. The summed E-state index contributed by atoms with van der Waals surface area (Å²) in [5.74, 6) is -0.152. The molecule has 2 unspecified atom stereocenters. The van der Waals surface area contributed by atoms with Crippen LogP contribution in [0.1, 0.15) is 26.5 Å². The highest BCUT2D eigenvalue weighted by Gasteiger charge is 2.15. The van der Waals surface area contributed by atoms with Crippen LogP contribution in [0.25, 0.3) is 0 Å². The second kappa shape index (κ2) is 5.75. The van der Waals surface area contributed by atoms with Gasteiger partial charge in [0.15, 0.2) is 11.6 Å². The number of rotatable bonds is 5. The number of hydrogen-bond donors (Lipinski definition) is 2. The number of aliphatic hydroxyl groups is 1. The molecule has 0 bridgehead atoms. The van der Waals surface area contributed by atoms with Gasteiger partial charge < -0.3 is 10.4 Å². The highest BCUT2D eigenvalue weighted by molar-refractivity contribution is 5.38. The van der Waals surface area contributed by atoms with Crippen molar-refractivity contribution in [2.75, 3.05) is 11.9 Å². The van der Waals surface area contributed by atoms with E-state index in [1.165, 1.54) is 6.33 Å². The molecule has 0 amide bonds. The van der Waals surface area contributed by atoms with E-state index in [9.17, 15) is 4.39 Å². The Bertz CT molecular complexity index is 346. The monoisotopic (exact) mass is 227 g/mol. The first-order valence-corrected chi connectivity index (χ1v) is 5.46. The molecule has 90 valence electrons. The van der Waals surface area contributed by atoms with Crippen LogP contribution >= 0.6 is 0 Å². The topological polar surface area (TPSA) is 58.0 Å². The Morgan fingerprint density at radius 2 is 2.12 bits per heavy atom. The summed E-state index contributed by atoms with van der Waals surface area (Å²) < 4.78 is 13.8. The fraction of sp³-hybridized carbons (Fsp3) is 0.636. The quantitative estimate of drug-likeness (QED) is 0.802. The second-order valence-electron chi connectivity index (χ2n) is 3.93. The molecule has 0 aliphatic rings. The molecule has 0 aromatic carbocycles. The molecule has 0 saturated carbocycles. The molecule has 4 nitrogen and oxygen atoms in total. The fourth-order valence-electron chi connectivity index (χ4n) is 1.27. The van der Waals surface area contributed by atoms with Gasteiger partial charge in [0.2, 0.25) is 0 Å². The van der Waals surface area contributed by atoms with E-state index in [4.69, 9.17) is 5.11 Å². The average Bonchev–Trinajstić information content (AvgIpc) is 2.30. The number of nitrogens with one attached hydrogen (secondary N) is 1. The SMILES string of the molecule is CCc1ncnc(NC(C)C(C)CO)c1F. The van der Waals surface area contributed by atoms with Crippen LogP contribution < -0.4 is 5.32 Å². The van der Waals surface area contributed by atoms with Gasteiger partial charge in [-0.1, -0.05) is 13.8 Å². The van der Waals surface area contributed by atoms with Crippen molar-refractivity contribution in [1.82, 2.24) is 9.97 Å². The summed E-state index contributed by atoms with van der Waals surface area (Å²) in [6, 6.07) is -0.0425. The molecule has 0 saturated heterocycles. The third-order valence-electron chi connectivity index (χ3n) is 2.70. The van der Waals surface area contributed by atoms with Crippen molar-refractivity contribution in [1.29, 1.82) is 0 Å². The molecule has 0 fully saturated rings. The minimum Gasteiger partial charge on any atom is -0.396 e. The first-order chi connectivity index (χ1) is 7.60. The molecule has 0 aliphatic heterocycles. The summed E-state index contributed by atoms with van der Waals surface area (Å²) in [5.41, 5.74) is 0.404. The lowest BCUT2D eigenvalue weighted by Crippen LogP contribution is -2.27. The van der Waals surface area contributed by atoms with E-state index < -0.39 is 5.82 Å². The third kappa shape index (κ3) is 2.88. The van der Waals surface area contributed by atoms with Gasteiger partial charge in [0.25, 0.3) is 0 Å². The summed E-state index contributed by atoms with van der Waals surface area (Å²) in [6.07, 6.45) is 1.88. The number of aryl methyl sites for hydroxylation is 1. The van der Waals surface area contributed by atoms with E-state index in [2.05, 4.69) is 15.3 Å².